The van der Waals surface area contributed by atoms with Crippen LogP contribution in [0, 0.1) is 0 Å². The van der Waals surface area contributed by atoms with Crippen LogP contribution in [-0.4, -0.2) is 27.2 Å². The summed E-state index contributed by atoms with van der Waals surface area (Å²) in [6, 6.07) is 1.63. The van der Waals surface area contributed by atoms with Crippen LogP contribution in [0.2, 0.25) is 0 Å². The van der Waals surface area contributed by atoms with Crippen LogP contribution >= 0.6 is 0 Å². The van der Waals surface area contributed by atoms with E-state index in [0.29, 0.717) is 18.2 Å². The lowest BCUT2D eigenvalue weighted by atomic mass is 10.0. The molecule has 0 unspecified atom stereocenters. The minimum atomic E-state index is -0.234. The zero-order valence-electron chi connectivity index (χ0n) is 8.49. The topological polar surface area (TPSA) is 84.1 Å². The Hall–Kier alpha value is -1.36. The fraction of sp³-hybridized carbons (Fsp3) is 0.556. The molecule has 0 saturated carbocycles. The Morgan fingerprint density at radius 1 is 1.57 bits per heavy atom. The fourth-order valence-corrected chi connectivity index (χ4v) is 1.08. The van der Waals surface area contributed by atoms with Crippen LogP contribution in [0.5, 0.6) is 0 Å². The fourth-order valence-electron chi connectivity index (χ4n) is 1.08. The summed E-state index contributed by atoms with van der Waals surface area (Å²) in [4.78, 5) is 8.04. The third kappa shape index (κ3) is 3.18. The Morgan fingerprint density at radius 3 is 2.86 bits per heavy atom. The van der Waals surface area contributed by atoms with Gasteiger partial charge in [0.25, 0.3) is 0 Å². The number of nitrogen functional groups attached to an aromatic ring is 1. The summed E-state index contributed by atoms with van der Waals surface area (Å²) in [7, 11) is 0. The SMILES string of the molecule is CC(C)(CCO)Nc1nccc(N)n1. The van der Waals surface area contributed by atoms with Gasteiger partial charge in [0.05, 0.1) is 0 Å². The molecule has 0 radical (unpaired) electrons. The molecule has 5 nitrogen and oxygen atoms in total. The third-order valence-electron chi connectivity index (χ3n) is 1.86. The van der Waals surface area contributed by atoms with Gasteiger partial charge in [0, 0.05) is 18.3 Å². The summed E-state index contributed by atoms with van der Waals surface area (Å²) >= 11 is 0. The molecule has 0 bridgehead atoms. The van der Waals surface area contributed by atoms with Gasteiger partial charge in [-0.25, -0.2) is 4.98 Å². The number of aliphatic hydroxyl groups excluding tert-OH is 1. The summed E-state index contributed by atoms with van der Waals surface area (Å²) in [6.45, 7) is 4.06. The second-order valence-electron chi connectivity index (χ2n) is 3.79. The summed E-state index contributed by atoms with van der Waals surface area (Å²) in [5.41, 5.74) is 5.28. The van der Waals surface area contributed by atoms with Gasteiger partial charge >= 0.3 is 0 Å². The number of anilines is 2. The number of nitrogens with one attached hydrogen (secondary N) is 1. The van der Waals surface area contributed by atoms with E-state index < -0.39 is 0 Å². The van der Waals surface area contributed by atoms with Crippen LogP contribution in [0.3, 0.4) is 0 Å². The highest BCUT2D eigenvalue weighted by molar-refractivity contribution is 5.36. The summed E-state index contributed by atoms with van der Waals surface area (Å²) < 4.78 is 0. The molecule has 1 aromatic rings. The van der Waals surface area contributed by atoms with Gasteiger partial charge in [-0.1, -0.05) is 0 Å². The van der Waals surface area contributed by atoms with Crippen molar-refractivity contribution in [2.45, 2.75) is 25.8 Å². The van der Waals surface area contributed by atoms with Gasteiger partial charge in [0.2, 0.25) is 5.95 Å². The third-order valence-corrected chi connectivity index (χ3v) is 1.86. The molecule has 14 heavy (non-hydrogen) atoms. The lowest BCUT2D eigenvalue weighted by molar-refractivity contribution is 0.260. The van der Waals surface area contributed by atoms with Gasteiger partial charge in [-0.2, -0.15) is 4.98 Å². The van der Waals surface area contributed by atoms with Crippen molar-refractivity contribution in [1.29, 1.82) is 0 Å². The van der Waals surface area contributed by atoms with E-state index in [-0.39, 0.29) is 12.1 Å². The van der Waals surface area contributed by atoms with Crippen molar-refractivity contribution in [3.63, 3.8) is 0 Å². The first-order chi connectivity index (χ1) is 6.53. The van der Waals surface area contributed by atoms with Crippen molar-refractivity contribution in [1.82, 2.24) is 9.97 Å². The quantitative estimate of drug-likeness (QED) is 0.657. The molecular formula is C9H16N4O. The normalized spacial score (nSPS) is 11.4. The molecule has 0 atom stereocenters. The second kappa shape index (κ2) is 4.23. The molecule has 0 aliphatic carbocycles. The second-order valence-corrected chi connectivity index (χ2v) is 3.79. The number of nitrogens with two attached hydrogens (primary N) is 1. The van der Waals surface area contributed by atoms with Crippen molar-refractivity contribution in [3.05, 3.63) is 12.3 Å². The standard InChI is InChI=1S/C9H16N4O/c1-9(2,4-6-14)13-8-11-5-3-7(10)12-8/h3,5,14H,4,6H2,1-2H3,(H3,10,11,12,13). The zero-order chi connectivity index (χ0) is 10.6. The summed E-state index contributed by atoms with van der Waals surface area (Å²) in [5, 5.41) is 11.9. The molecule has 0 fully saturated rings. The summed E-state index contributed by atoms with van der Waals surface area (Å²) in [5.74, 6) is 0.922. The van der Waals surface area contributed by atoms with Crippen molar-refractivity contribution in [2.75, 3.05) is 17.7 Å². The Bertz CT molecular complexity index is 301. The van der Waals surface area contributed by atoms with Gasteiger partial charge in [-0.15, -0.1) is 0 Å². The maximum absolute atomic E-state index is 8.83. The van der Waals surface area contributed by atoms with Gasteiger partial charge in [0.15, 0.2) is 0 Å². The van der Waals surface area contributed by atoms with E-state index in [0.717, 1.165) is 0 Å². The highest BCUT2D eigenvalue weighted by atomic mass is 16.3. The van der Waals surface area contributed by atoms with E-state index in [2.05, 4.69) is 15.3 Å². The molecule has 1 rings (SSSR count). The molecule has 0 aromatic carbocycles. The number of nitrogens with zero attached hydrogens (tertiary/aromatic N) is 2. The molecular weight excluding hydrogens is 180 g/mol. The predicted octanol–water partition coefficient (Wildman–Crippen LogP) is 0.632. The van der Waals surface area contributed by atoms with Crippen LogP contribution in [0.1, 0.15) is 20.3 Å². The lowest BCUT2D eigenvalue weighted by Gasteiger charge is -2.25. The molecule has 1 heterocycles. The Balaban J connectivity index is 2.68. The first-order valence-electron chi connectivity index (χ1n) is 4.51. The Morgan fingerprint density at radius 2 is 2.29 bits per heavy atom. The number of hydrogen-bond acceptors (Lipinski definition) is 5. The maximum atomic E-state index is 8.83. The van der Waals surface area contributed by atoms with Gasteiger partial charge in [-0.05, 0) is 26.3 Å². The van der Waals surface area contributed by atoms with Gasteiger partial charge in [-0.3, -0.25) is 0 Å². The molecule has 4 N–H and O–H groups in total. The molecule has 1 aromatic heterocycles. The molecule has 0 saturated heterocycles. The Kier molecular flexibility index (Phi) is 3.24. The molecule has 0 spiro atoms. The number of aliphatic hydroxyl groups is 1. The molecule has 0 aliphatic heterocycles. The molecule has 0 aliphatic rings. The highest BCUT2D eigenvalue weighted by Gasteiger charge is 2.17. The predicted molar refractivity (Wildman–Crippen MR) is 55.8 cm³/mol. The zero-order valence-corrected chi connectivity index (χ0v) is 8.49. The Labute approximate surface area is 83.4 Å². The van der Waals surface area contributed by atoms with Crippen molar-refractivity contribution in [2.24, 2.45) is 0 Å². The van der Waals surface area contributed by atoms with Gasteiger partial charge < -0.3 is 16.2 Å². The average Bonchev–Trinajstić information content (AvgIpc) is 2.02. The van der Waals surface area contributed by atoms with E-state index in [1.165, 1.54) is 0 Å². The van der Waals surface area contributed by atoms with E-state index in [9.17, 15) is 0 Å². The largest absolute Gasteiger partial charge is 0.396 e. The van der Waals surface area contributed by atoms with E-state index in [1.54, 1.807) is 12.3 Å². The minimum absolute atomic E-state index is 0.127. The highest BCUT2D eigenvalue weighted by Crippen LogP contribution is 2.14. The lowest BCUT2D eigenvalue weighted by Crippen LogP contribution is -2.32. The molecule has 0 amide bonds. The first-order valence-corrected chi connectivity index (χ1v) is 4.51. The van der Waals surface area contributed by atoms with Crippen molar-refractivity contribution >= 4 is 11.8 Å². The van der Waals surface area contributed by atoms with Crippen molar-refractivity contribution < 1.29 is 5.11 Å². The van der Waals surface area contributed by atoms with Crippen LogP contribution in [0.25, 0.3) is 0 Å². The number of rotatable bonds is 4. The maximum Gasteiger partial charge on any atom is 0.225 e. The average molecular weight is 196 g/mol. The number of hydrogen-bond donors (Lipinski definition) is 3. The van der Waals surface area contributed by atoms with Crippen LogP contribution in [0.15, 0.2) is 12.3 Å². The molecule has 78 valence electrons. The molecule has 5 heteroatoms. The van der Waals surface area contributed by atoms with Crippen LogP contribution < -0.4 is 11.1 Å². The van der Waals surface area contributed by atoms with Crippen LogP contribution in [0.4, 0.5) is 11.8 Å². The van der Waals surface area contributed by atoms with E-state index in [1.807, 2.05) is 13.8 Å². The van der Waals surface area contributed by atoms with Crippen molar-refractivity contribution in [3.8, 4) is 0 Å². The van der Waals surface area contributed by atoms with E-state index >= 15 is 0 Å². The summed E-state index contributed by atoms with van der Waals surface area (Å²) in [6.07, 6.45) is 2.23. The van der Waals surface area contributed by atoms with Gasteiger partial charge in [0.1, 0.15) is 5.82 Å². The smallest absolute Gasteiger partial charge is 0.225 e. The first kappa shape index (κ1) is 10.7. The van der Waals surface area contributed by atoms with E-state index in [4.69, 9.17) is 10.8 Å². The minimum Gasteiger partial charge on any atom is -0.396 e. The number of aromatic nitrogens is 2. The van der Waals surface area contributed by atoms with Crippen LogP contribution in [-0.2, 0) is 0 Å². The monoisotopic (exact) mass is 196 g/mol.